The summed E-state index contributed by atoms with van der Waals surface area (Å²) >= 11 is 0. The second-order valence-corrected chi connectivity index (χ2v) is 8.00. The van der Waals surface area contributed by atoms with Gasteiger partial charge in [-0.3, -0.25) is 9.69 Å². The standard InChI is InChI=1S/C24H27N3O3/c1-2-3-4-5-17-6-12-20(13-7-17)23-25-22(26-30-23)19-10-8-18(9-11-19)14-27-15-21(16-27)24(28)29/h6-13,21H,2-5,14-16H2,1H3,(H,28,29). The summed E-state index contributed by atoms with van der Waals surface area (Å²) in [6, 6.07) is 16.4. The number of carboxylic acid groups (broad SMARTS) is 1. The zero-order chi connectivity index (χ0) is 20.9. The summed E-state index contributed by atoms with van der Waals surface area (Å²) in [7, 11) is 0. The molecular formula is C24H27N3O3. The van der Waals surface area contributed by atoms with Crippen molar-refractivity contribution in [2.45, 2.75) is 39.2 Å². The van der Waals surface area contributed by atoms with Crippen LogP contribution in [-0.2, 0) is 17.8 Å². The zero-order valence-corrected chi connectivity index (χ0v) is 17.3. The van der Waals surface area contributed by atoms with Crippen LogP contribution in [0.3, 0.4) is 0 Å². The summed E-state index contributed by atoms with van der Waals surface area (Å²) in [6.45, 7) is 4.20. The average Bonchev–Trinajstić information content (AvgIpc) is 3.21. The van der Waals surface area contributed by atoms with Gasteiger partial charge in [-0.2, -0.15) is 4.98 Å². The molecule has 6 nitrogen and oxygen atoms in total. The number of hydrogen-bond acceptors (Lipinski definition) is 5. The van der Waals surface area contributed by atoms with Crippen molar-refractivity contribution in [3.8, 4) is 22.8 Å². The molecule has 2 heterocycles. The van der Waals surface area contributed by atoms with Gasteiger partial charge in [0.05, 0.1) is 5.92 Å². The Balaban J connectivity index is 1.36. The van der Waals surface area contributed by atoms with E-state index in [4.69, 9.17) is 9.63 Å². The minimum atomic E-state index is -0.708. The maximum atomic E-state index is 10.9. The molecule has 1 aliphatic heterocycles. The number of nitrogens with zero attached hydrogens (tertiary/aromatic N) is 3. The van der Waals surface area contributed by atoms with Gasteiger partial charge in [0.25, 0.3) is 5.89 Å². The van der Waals surface area contributed by atoms with Crippen LogP contribution in [0.2, 0.25) is 0 Å². The SMILES string of the molecule is CCCCCc1ccc(-c2nc(-c3ccc(CN4CC(C(=O)O)C4)cc3)no2)cc1. The highest BCUT2D eigenvalue weighted by atomic mass is 16.5. The highest BCUT2D eigenvalue weighted by Crippen LogP contribution is 2.24. The van der Waals surface area contributed by atoms with E-state index < -0.39 is 5.97 Å². The fourth-order valence-electron chi connectivity index (χ4n) is 3.72. The molecule has 6 heteroatoms. The van der Waals surface area contributed by atoms with Crippen LogP contribution in [0.4, 0.5) is 0 Å². The van der Waals surface area contributed by atoms with Crippen molar-refractivity contribution in [1.29, 1.82) is 0 Å². The van der Waals surface area contributed by atoms with Crippen LogP contribution >= 0.6 is 0 Å². The van der Waals surface area contributed by atoms with E-state index in [2.05, 4.69) is 34.1 Å². The van der Waals surface area contributed by atoms with Crippen LogP contribution in [0.15, 0.2) is 53.1 Å². The molecule has 0 bridgehead atoms. The molecule has 3 aromatic rings. The van der Waals surface area contributed by atoms with Crippen molar-refractivity contribution in [3.63, 3.8) is 0 Å². The molecule has 1 N–H and O–H groups in total. The highest BCUT2D eigenvalue weighted by molar-refractivity contribution is 5.71. The number of likely N-dealkylation sites (tertiary alicyclic amines) is 1. The molecule has 0 unspecified atom stereocenters. The second kappa shape index (κ2) is 9.22. The van der Waals surface area contributed by atoms with Gasteiger partial charge in [0, 0.05) is 30.8 Å². The molecule has 1 aliphatic rings. The molecule has 156 valence electrons. The average molecular weight is 405 g/mol. The van der Waals surface area contributed by atoms with Crippen LogP contribution in [-0.4, -0.2) is 39.2 Å². The van der Waals surface area contributed by atoms with E-state index in [9.17, 15) is 4.79 Å². The highest BCUT2D eigenvalue weighted by Gasteiger charge is 2.32. The summed E-state index contributed by atoms with van der Waals surface area (Å²) in [5.41, 5.74) is 4.30. The first-order valence-corrected chi connectivity index (χ1v) is 10.6. The lowest BCUT2D eigenvalue weighted by atomic mass is 9.99. The molecular weight excluding hydrogens is 378 g/mol. The quantitative estimate of drug-likeness (QED) is 0.522. The summed E-state index contributed by atoms with van der Waals surface area (Å²) in [5.74, 6) is 0.154. The topological polar surface area (TPSA) is 79.5 Å². The van der Waals surface area contributed by atoms with Crippen LogP contribution < -0.4 is 0 Å². The third kappa shape index (κ3) is 4.76. The Morgan fingerprint density at radius 2 is 1.70 bits per heavy atom. The number of rotatable bonds is 9. The number of aryl methyl sites for hydroxylation is 1. The van der Waals surface area contributed by atoms with Gasteiger partial charge >= 0.3 is 5.97 Å². The van der Waals surface area contributed by atoms with Crippen LogP contribution in [0.5, 0.6) is 0 Å². The Bertz CT molecular complexity index is 974. The van der Waals surface area contributed by atoms with E-state index >= 15 is 0 Å². The van der Waals surface area contributed by atoms with Crippen molar-refractivity contribution in [2.75, 3.05) is 13.1 Å². The van der Waals surface area contributed by atoms with Gasteiger partial charge in [-0.1, -0.05) is 61.3 Å². The van der Waals surface area contributed by atoms with Crippen molar-refractivity contribution in [2.24, 2.45) is 5.92 Å². The Labute approximate surface area is 176 Å². The maximum absolute atomic E-state index is 10.9. The van der Waals surface area contributed by atoms with Gasteiger partial charge in [-0.25, -0.2) is 0 Å². The molecule has 1 aromatic heterocycles. The molecule has 4 rings (SSSR count). The van der Waals surface area contributed by atoms with Crippen molar-refractivity contribution >= 4 is 5.97 Å². The number of aliphatic carboxylic acids is 1. The van der Waals surface area contributed by atoms with E-state index in [1.165, 1.54) is 24.8 Å². The van der Waals surface area contributed by atoms with E-state index in [0.717, 1.165) is 29.7 Å². The van der Waals surface area contributed by atoms with Crippen LogP contribution in [0.1, 0.15) is 37.3 Å². The molecule has 0 atom stereocenters. The Kier molecular flexibility index (Phi) is 6.23. The molecule has 0 saturated carbocycles. The molecule has 0 radical (unpaired) electrons. The predicted octanol–water partition coefficient (Wildman–Crippen LogP) is 4.65. The number of carbonyl (C=O) groups is 1. The van der Waals surface area contributed by atoms with E-state index in [0.29, 0.717) is 24.8 Å². The normalized spacial score (nSPS) is 14.6. The predicted molar refractivity (Wildman–Crippen MR) is 115 cm³/mol. The van der Waals surface area contributed by atoms with Gasteiger partial charge < -0.3 is 9.63 Å². The van der Waals surface area contributed by atoms with Crippen molar-refractivity contribution in [1.82, 2.24) is 15.0 Å². The summed E-state index contributed by atoms with van der Waals surface area (Å²) in [5, 5.41) is 13.1. The number of hydrogen-bond donors (Lipinski definition) is 1. The summed E-state index contributed by atoms with van der Waals surface area (Å²) < 4.78 is 5.47. The van der Waals surface area contributed by atoms with Crippen LogP contribution in [0, 0.1) is 5.92 Å². The van der Waals surface area contributed by atoms with Gasteiger partial charge in [0.1, 0.15) is 0 Å². The monoisotopic (exact) mass is 405 g/mol. The maximum Gasteiger partial charge on any atom is 0.309 e. The fourth-order valence-corrected chi connectivity index (χ4v) is 3.72. The first-order valence-electron chi connectivity index (χ1n) is 10.6. The molecule has 1 saturated heterocycles. The van der Waals surface area contributed by atoms with Gasteiger partial charge in [-0.15, -0.1) is 0 Å². The lowest BCUT2D eigenvalue weighted by Crippen LogP contribution is -2.49. The lowest BCUT2D eigenvalue weighted by Gasteiger charge is -2.36. The number of aromatic nitrogens is 2. The van der Waals surface area contributed by atoms with Gasteiger partial charge in [-0.05, 0) is 36.1 Å². The van der Waals surface area contributed by atoms with E-state index in [1.807, 2.05) is 36.4 Å². The summed E-state index contributed by atoms with van der Waals surface area (Å²) in [6.07, 6.45) is 4.81. The minimum absolute atomic E-state index is 0.229. The van der Waals surface area contributed by atoms with Gasteiger partial charge in [0.15, 0.2) is 0 Å². The largest absolute Gasteiger partial charge is 0.481 e. The zero-order valence-electron chi connectivity index (χ0n) is 17.3. The second-order valence-electron chi connectivity index (χ2n) is 8.00. The molecule has 0 amide bonds. The number of benzene rings is 2. The molecule has 2 aromatic carbocycles. The third-order valence-corrected chi connectivity index (χ3v) is 5.62. The van der Waals surface area contributed by atoms with Gasteiger partial charge in [0.2, 0.25) is 5.82 Å². The molecule has 0 aliphatic carbocycles. The molecule has 30 heavy (non-hydrogen) atoms. The number of unbranched alkanes of at least 4 members (excludes halogenated alkanes) is 2. The first-order chi connectivity index (χ1) is 14.6. The van der Waals surface area contributed by atoms with Crippen molar-refractivity contribution < 1.29 is 14.4 Å². The van der Waals surface area contributed by atoms with E-state index in [-0.39, 0.29) is 5.92 Å². The molecule has 0 spiro atoms. The first kappa shape index (κ1) is 20.3. The number of carboxylic acids is 1. The lowest BCUT2D eigenvalue weighted by molar-refractivity contribution is -0.147. The van der Waals surface area contributed by atoms with Crippen molar-refractivity contribution in [3.05, 3.63) is 59.7 Å². The Hall–Kier alpha value is -2.99. The third-order valence-electron chi connectivity index (χ3n) is 5.62. The Morgan fingerprint density at radius 3 is 2.37 bits per heavy atom. The fraction of sp³-hybridized carbons (Fsp3) is 0.375. The van der Waals surface area contributed by atoms with E-state index in [1.54, 1.807) is 0 Å². The minimum Gasteiger partial charge on any atom is -0.481 e. The summed E-state index contributed by atoms with van der Waals surface area (Å²) in [4.78, 5) is 17.6. The smallest absolute Gasteiger partial charge is 0.309 e. The van der Waals surface area contributed by atoms with Crippen LogP contribution in [0.25, 0.3) is 22.8 Å². The molecule has 1 fully saturated rings. The Morgan fingerprint density at radius 1 is 1.03 bits per heavy atom.